The van der Waals surface area contributed by atoms with Crippen LogP contribution in [0.5, 0.6) is 0 Å². The van der Waals surface area contributed by atoms with E-state index in [2.05, 4.69) is 11.9 Å². The molecule has 34 heavy (non-hydrogen) atoms. The van der Waals surface area contributed by atoms with Gasteiger partial charge in [-0.25, -0.2) is 4.79 Å². The molecule has 0 saturated heterocycles. The molecule has 0 aromatic carbocycles. The Morgan fingerprint density at radius 3 is 2.53 bits per heavy atom. The summed E-state index contributed by atoms with van der Waals surface area (Å²) in [6.45, 7) is 5.53. The molecule has 0 radical (unpaired) electrons. The zero-order chi connectivity index (χ0) is 24.5. The molecule has 7 heteroatoms. The highest BCUT2D eigenvalue weighted by atomic mass is 16.5. The predicted octanol–water partition coefficient (Wildman–Crippen LogP) is 3.06. The van der Waals surface area contributed by atoms with Gasteiger partial charge in [-0.1, -0.05) is 13.8 Å². The number of aromatic nitrogens is 1. The molecular weight excluding hydrogens is 434 g/mol. The number of aliphatic hydroxyl groups excluding tert-OH is 1. The molecule has 0 unspecified atom stereocenters. The average Bonchev–Trinajstić information content (AvgIpc) is 3.10. The molecular formula is C27H37NO6. The van der Waals surface area contributed by atoms with E-state index in [1.54, 1.807) is 18.3 Å². The molecule has 0 aliphatic heterocycles. The second-order valence-electron chi connectivity index (χ2n) is 11.9. The second kappa shape index (κ2) is 7.84. The molecule has 1 heterocycles. The number of carbonyl (C=O) groups excluding carboxylic acids is 2. The third kappa shape index (κ3) is 3.02. The molecule has 7 nitrogen and oxygen atoms in total. The molecule has 4 saturated carbocycles. The summed E-state index contributed by atoms with van der Waals surface area (Å²) < 4.78 is 6.13. The quantitative estimate of drug-likeness (QED) is 0.580. The highest BCUT2D eigenvalue weighted by Crippen LogP contribution is 2.71. The van der Waals surface area contributed by atoms with Gasteiger partial charge in [0.1, 0.15) is 17.5 Å². The Bertz CT molecular complexity index is 985. The predicted molar refractivity (Wildman–Crippen MR) is 124 cm³/mol. The third-order valence-electron chi connectivity index (χ3n) is 10.6. The second-order valence-corrected chi connectivity index (χ2v) is 11.9. The fraction of sp³-hybridized carbons (Fsp3) is 0.741. The minimum Gasteiger partial charge on any atom is -0.458 e. The lowest BCUT2D eigenvalue weighted by molar-refractivity contribution is -0.318. The number of pyridine rings is 1. The number of ether oxygens (including phenoxy) is 1. The van der Waals surface area contributed by atoms with Crippen molar-refractivity contribution in [2.45, 2.75) is 95.5 Å². The number of hydrogen-bond acceptors (Lipinski definition) is 7. The summed E-state index contributed by atoms with van der Waals surface area (Å²) in [5.74, 6) is -1.16. The van der Waals surface area contributed by atoms with E-state index < -0.39 is 34.6 Å². The normalized spacial score (nSPS) is 47.8. The largest absolute Gasteiger partial charge is 0.458 e. The zero-order valence-corrected chi connectivity index (χ0v) is 20.4. The monoisotopic (exact) mass is 471 g/mol. The molecule has 1 aromatic heterocycles. The maximum absolute atomic E-state index is 13.1. The molecule has 9 atom stereocenters. The summed E-state index contributed by atoms with van der Waals surface area (Å²) in [7, 11) is 0. The number of hydrogen-bond donors (Lipinski definition) is 3. The third-order valence-corrected chi connectivity index (χ3v) is 10.6. The van der Waals surface area contributed by atoms with Crippen molar-refractivity contribution in [1.29, 1.82) is 0 Å². The average molecular weight is 472 g/mol. The first-order valence-electron chi connectivity index (χ1n) is 12.7. The molecule has 0 amide bonds. The van der Waals surface area contributed by atoms with Crippen LogP contribution in [0.4, 0.5) is 0 Å². The number of carbonyl (C=O) groups is 2. The van der Waals surface area contributed by atoms with Crippen molar-refractivity contribution in [3.8, 4) is 0 Å². The van der Waals surface area contributed by atoms with Gasteiger partial charge in [0.25, 0.3) is 0 Å². The molecule has 1 aromatic rings. The van der Waals surface area contributed by atoms with Crippen molar-refractivity contribution in [3.63, 3.8) is 0 Å². The van der Waals surface area contributed by atoms with Crippen LogP contribution in [0.1, 0.15) is 82.5 Å². The van der Waals surface area contributed by atoms with Gasteiger partial charge < -0.3 is 20.1 Å². The summed E-state index contributed by atoms with van der Waals surface area (Å²) in [5, 5.41) is 35.1. The summed E-state index contributed by atoms with van der Waals surface area (Å²) in [6.07, 6.45) is 6.35. The SMILES string of the molecule is CC(=O)[C@H]1CC[C@]2(O)[C@]1(C)[C@H](OC(=O)c1cccnc1)C[C@@H]1[C@]3(C)CC[C@@H](O)C[C@@H]3CC[C@]12O. The van der Waals surface area contributed by atoms with Gasteiger partial charge in [0, 0.05) is 23.7 Å². The van der Waals surface area contributed by atoms with Crippen LogP contribution in [0.25, 0.3) is 0 Å². The van der Waals surface area contributed by atoms with E-state index in [0.29, 0.717) is 44.1 Å². The Morgan fingerprint density at radius 2 is 1.85 bits per heavy atom. The van der Waals surface area contributed by atoms with Gasteiger partial charge in [0.05, 0.1) is 17.3 Å². The van der Waals surface area contributed by atoms with Gasteiger partial charge in [-0.3, -0.25) is 9.78 Å². The zero-order valence-electron chi connectivity index (χ0n) is 20.4. The smallest absolute Gasteiger partial charge is 0.339 e. The molecule has 3 N–H and O–H groups in total. The van der Waals surface area contributed by atoms with Crippen molar-refractivity contribution in [2.24, 2.45) is 28.6 Å². The van der Waals surface area contributed by atoms with Crippen LogP contribution in [-0.4, -0.2) is 55.5 Å². The first-order valence-corrected chi connectivity index (χ1v) is 12.7. The first kappa shape index (κ1) is 23.9. The van der Waals surface area contributed by atoms with Gasteiger partial charge >= 0.3 is 5.97 Å². The number of Topliss-reactive ketones (excluding diaryl/α,β-unsaturated/α-hetero) is 1. The Hall–Kier alpha value is -1.83. The van der Waals surface area contributed by atoms with Gasteiger partial charge in [-0.2, -0.15) is 0 Å². The van der Waals surface area contributed by atoms with E-state index in [0.717, 1.165) is 12.8 Å². The molecule has 4 aliphatic rings. The fourth-order valence-corrected chi connectivity index (χ4v) is 8.70. The Morgan fingerprint density at radius 1 is 1.09 bits per heavy atom. The van der Waals surface area contributed by atoms with E-state index in [9.17, 15) is 24.9 Å². The minimum absolute atomic E-state index is 0.0522. The van der Waals surface area contributed by atoms with Crippen LogP contribution in [0.2, 0.25) is 0 Å². The van der Waals surface area contributed by atoms with Crippen molar-refractivity contribution >= 4 is 11.8 Å². The minimum atomic E-state index is -1.55. The summed E-state index contributed by atoms with van der Waals surface area (Å²) in [4.78, 5) is 29.9. The highest BCUT2D eigenvalue weighted by Gasteiger charge is 2.77. The van der Waals surface area contributed by atoms with Crippen molar-refractivity contribution in [2.75, 3.05) is 0 Å². The number of aliphatic hydroxyl groups is 3. The van der Waals surface area contributed by atoms with Crippen LogP contribution >= 0.6 is 0 Å². The lowest BCUT2D eigenvalue weighted by Crippen LogP contribution is -2.76. The number of fused-ring (bicyclic) bond motifs is 5. The van der Waals surface area contributed by atoms with Crippen molar-refractivity contribution < 1.29 is 29.6 Å². The molecule has 4 fully saturated rings. The number of rotatable bonds is 3. The van der Waals surface area contributed by atoms with Crippen molar-refractivity contribution in [3.05, 3.63) is 30.1 Å². The fourth-order valence-electron chi connectivity index (χ4n) is 8.70. The van der Waals surface area contributed by atoms with Crippen LogP contribution < -0.4 is 0 Å². The molecule has 186 valence electrons. The summed E-state index contributed by atoms with van der Waals surface area (Å²) >= 11 is 0. The lowest BCUT2D eigenvalue weighted by Gasteiger charge is -2.68. The van der Waals surface area contributed by atoms with Gasteiger partial charge in [-0.15, -0.1) is 0 Å². The molecule has 5 rings (SSSR count). The van der Waals surface area contributed by atoms with E-state index in [1.165, 1.54) is 13.1 Å². The van der Waals surface area contributed by atoms with Crippen molar-refractivity contribution in [1.82, 2.24) is 4.98 Å². The summed E-state index contributed by atoms with van der Waals surface area (Å²) in [5.41, 5.74) is -4.00. The van der Waals surface area contributed by atoms with Gasteiger partial charge in [-0.05, 0) is 87.7 Å². The lowest BCUT2D eigenvalue weighted by atomic mass is 9.40. The van der Waals surface area contributed by atoms with Crippen LogP contribution in [0, 0.1) is 28.6 Å². The Kier molecular flexibility index (Phi) is 5.51. The number of nitrogens with zero attached hydrogens (tertiary/aromatic N) is 1. The van der Waals surface area contributed by atoms with Gasteiger partial charge in [0.2, 0.25) is 0 Å². The standard InChI is InChI=1S/C27H37NO6/c1-16(29)20-8-11-27(33)25(20,3)22(34-23(31)17-5-4-12-28-15-17)14-21-24(2)9-7-19(30)13-18(24)6-10-26(21,27)32/h4-5,12,15,18-22,30,32-33H,6-11,13-14H2,1-3H3/t18-,19+,20+,21+,22+,24+,25-,26-,27-/m0/s1. The highest BCUT2D eigenvalue weighted by molar-refractivity contribution is 5.89. The molecule has 4 aliphatic carbocycles. The number of esters is 1. The van der Waals surface area contributed by atoms with Crippen LogP contribution in [-0.2, 0) is 9.53 Å². The molecule has 0 spiro atoms. The topological polar surface area (TPSA) is 117 Å². The summed E-state index contributed by atoms with van der Waals surface area (Å²) in [6, 6.07) is 3.31. The van der Waals surface area contributed by atoms with Crippen LogP contribution in [0.3, 0.4) is 0 Å². The van der Waals surface area contributed by atoms with E-state index in [-0.39, 0.29) is 29.1 Å². The van der Waals surface area contributed by atoms with E-state index in [4.69, 9.17) is 4.74 Å². The van der Waals surface area contributed by atoms with E-state index in [1.807, 2.05) is 6.92 Å². The van der Waals surface area contributed by atoms with E-state index >= 15 is 0 Å². The molecule has 0 bridgehead atoms. The number of ketones is 1. The van der Waals surface area contributed by atoms with Gasteiger partial charge in [0.15, 0.2) is 0 Å². The maximum atomic E-state index is 13.1. The first-order chi connectivity index (χ1) is 16.0. The Labute approximate surface area is 200 Å². The Balaban J connectivity index is 1.59. The van der Waals surface area contributed by atoms with Crippen LogP contribution in [0.15, 0.2) is 24.5 Å². The maximum Gasteiger partial charge on any atom is 0.339 e.